The number of amides is 2. The van der Waals surface area contributed by atoms with E-state index < -0.39 is 42.2 Å². The average Bonchev–Trinajstić information content (AvgIpc) is 3.62. The van der Waals surface area contributed by atoms with E-state index in [2.05, 4.69) is 31.9 Å². The smallest absolute Gasteiger partial charge is 0.269 e. The van der Waals surface area contributed by atoms with Crippen LogP contribution in [0, 0.1) is 17.7 Å². The van der Waals surface area contributed by atoms with Crippen LogP contribution in [0.3, 0.4) is 0 Å². The first-order valence-corrected chi connectivity index (χ1v) is 14.5. The molecule has 0 aliphatic carbocycles. The predicted octanol–water partition coefficient (Wildman–Crippen LogP) is 3.93. The lowest BCUT2D eigenvalue weighted by molar-refractivity contribution is -0.138. The molecule has 1 saturated heterocycles. The maximum atomic E-state index is 15.5. The minimum atomic E-state index is -1.45. The van der Waals surface area contributed by atoms with Gasteiger partial charge in [0, 0.05) is 47.9 Å². The fourth-order valence-electron chi connectivity index (χ4n) is 5.42. The zero-order chi connectivity index (χ0) is 32.4. The molecule has 3 aromatic heterocycles. The molecular weight excluding hydrogens is 616 g/mol. The molecule has 6 rings (SSSR count). The number of Topliss-reactive ketones (excluding diaryl/α,β-unsaturated/α-hetero) is 1. The van der Waals surface area contributed by atoms with Gasteiger partial charge in [0.1, 0.15) is 18.5 Å². The SMILES string of the molecule is NC(=O)c1nn(CC(=O)N2C[C@H](F)C[C@H]2C(=O)Cc2cccc(-c3ncccc3Cl)c2F)c2ccc(C#Cc3ncccn3)cc12. The molecule has 0 saturated carbocycles. The van der Waals surface area contributed by atoms with Crippen LogP contribution in [0.5, 0.6) is 0 Å². The monoisotopic (exact) mass is 639 g/mol. The number of hydrogen-bond donors (Lipinski definition) is 1. The summed E-state index contributed by atoms with van der Waals surface area (Å²) in [4.78, 5) is 52.6. The number of alkyl halides is 1. The molecule has 2 aromatic carbocycles. The number of fused-ring (bicyclic) bond motifs is 1. The van der Waals surface area contributed by atoms with Gasteiger partial charge in [-0.3, -0.25) is 24.0 Å². The van der Waals surface area contributed by atoms with E-state index in [4.69, 9.17) is 17.3 Å². The Labute approximate surface area is 266 Å². The summed E-state index contributed by atoms with van der Waals surface area (Å²) >= 11 is 6.20. The van der Waals surface area contributed by atoms with Gasteiger partial charge in [0.2, 0.25) is 11.7 Å². The topological polar surface area (TPSA) is 137 Å². The summed E-state index contributed by atoms with van der Waals surface area (Å²) in [5.74, 6) is 3.45. The van der Waals surface area contributed by atoms with Gasteiger partial charge in [-0.25, -0.2) is 18.7 Å². The maximum Gasteiger partial charge on any atom is 0.269 e. The molecule has 0 radical (unpaired) electrons. The lowest BCUT2D eigenvalue weighted by Crippen LogP contribution is -2.43. The molecule has 13 heteroatoms. The van der Waals surface area contributed by atoms with E-state index >= 15 is 4.39 Å². The predicted molar refractivity (Wildman–Crippen MR) is 165 cm³/mol. The number of benzene rings is 2. The van der Waals surface area contributed by atoms with E-state index in [0.29, 0.717) is 22.3 Å². The van der Waals surface area contributed by atoms with Crippen LogP contribution in [0.15, 0.2) is 73.2 Å². The van der Waals surface area contributed by atoms with Crippen molar-refractivity contribution in [3.8, 4) is 23.1 Å². The van der Waals surface area contributed by atoms with Gasteiger partial charge in [-0.2, -0.15) is 5.10 Å². The standard InChI is InChI=1S/C33H24ClF2N7O3/c34-24-6-2-11-40-31(24)22-5-1-4-20(30(22)36)15-27(44)26-16-21(35)17-42(26)29(45)18-43-25-9-7-19(8-10-28-38-12-3-13-39-28)14-23(25)32(41-43)33(37)46/h1-7,9,11-14,21,26H,15-18H2,(H2,37,46)/t21-,26+/m1/s1. The van der Waals surface area contributed by atoms with Crippen molar-refractivity contribution in [2.45, 2.75) is 31.6 Å². The van der Waals surface area contributed by atoms with Crippen molar-refractivity contribution in [3.05, 3.63) is 107 Å². The van der Waals surface area contributed by atoms with Crippen LogP contribution in [-0.2, 0) is 22.6 Å². The van der Waals surface area contributed by atoms with Crippen molar-refractivity contribution < 1.29 is 23.2 Å². The minimum absolute atomic E-state index is 0.0702. The normalized spacial score (nSPS) is 15.8. The summed E-state index contributed by atoms with van der Waals surface area (Å²) in [6, 6.07) is 13.2. The molecule has 1 aliphatic rings. The number of likely N-dealkylation sites (tertiary alicyclic amines) is 1. The number of pyridine rings is 1. The number of carbonyl (C=O) groups is 3. The van der Waals surface area contributed by atoms with Crippen molar-refractivity contribution >= 4 is 40.1 Å². The first-order chi connectivity index (χ1) is 22.2. The fourth-order valence-corrected chi connectivity index (χ4v) is 5.65. The number of hydrogen-bond acceptors (Lipinski definition) is 7. The molecule has 2 atom stereocenters. The van der Waals surface area contributed by atoms with E-state index in [1.807, 2.05) is 0 Å². The van der Waals surface area contributed by atoms with E-state index in [-0.39, 0.29) is 46.9 Å². The zero-order valence-corrected chi connectivity index (χ0v) is 24.8. The second-order valence-corrected chi connectivity index (χ2v) is 11.0. The second-order valence-electron chi connectivity index (χ2n) is 10.6. The van der Waals surface area contributed by atoms with Crippen molar-refractivity contribution in [1.29, 1.82) is 0 Å². The van der Waals surface area contributed by atoms with Gasteiger partial charge in [0.05, 0.1) is 28.8 Å². The average molecular weight is 640 g/mol. The Morgan fingerprint density at radius 2 is 1.78 bits per heavy atom. The quantitative estimate of drug-likeness (QED) is 0.267. The highest BCUT2D eigenvalue weighted by Crippen LogP contribution is 2.30. The molecular formula is C33H24ClF2N7O3. The number of nitrogens with two attached hydrogens (primary N) is 1. The van der Waals surface area contributed by atoms with Crippen LogP contribution >= 0.6 is 11.6 Å². The van der Waals surface area contributed by atoms with Gasteiger partial charge in [-0.05, 0) is 53.9 Å². The van der Waals surface area contributed by atoms with Crippen molar-refractivity contribution in [1.82, 2.24) is 29.6 Å². The molecule has 0 bridgehead atoms. The number of halogens is 3. The highest BCUT2D eigenvalue weighted by molar-refractivity contribution is 6.33. The Morgan fingerprint density at radius 1 is 1.00 bits per heavy atom. The van der Waals surface area contributed by atoms with Crippen molar-refractivity contribution in [2.75, 3.05) is 6.54 Å². The minimum Gasteiger partial charge on any atom is -0.364 e. The number of nitrogens with zero attached hydrogens (tertiary/aromatic N) is 6. The molecule has 1 fully saturated rings. The second kappa shape index (κ2) is 12.8. The molecule has 10 nitrogen and oxygen atoms in total. The number of primary amides is 1. The summed E-state index contributed by atoms with van der Waals surface area (Å²) in [7, 11) is 0. The summed E-state index contributed by atoms with van der Waals surface area (Å²) < 4.78 is 31.5. The number of ketones is 1. The van der Waals surface area contributed by atoms with E-state index in [0.717, 1.165) is 4.90 Å². The maximum absolute atomic E-state index is 15.5. The molecule has 2 amide bonds. The zero-order valence-electron chi connectivity index (χ0n) is 24.0. The van der Waals surface area contributed by atoms with E-state index in [9.17, 15) is 18.8 Å². The van der Waals surface area contributed by atoms with Crippen LogP contribution in [0.1, 0.15) is 33.9 Å². The van der Waals surface area contributed by atoms with Gasteiger partial charge < -0.3 is 10.6 Å². The van der Waals surface area contributed by atoms with Crippen LogP contribution in [0.25, 0.3) is 22.2 Å². The van der Waals surface area contributed by atoms with Crippen LogP contribution < -0.4 is 5.73 Å². The lowest BCUT2D eigenvalue weighted by Gasteiger charge is -2.23. The third-order valence-corrected chi connectivity index (χ3v) is 7.86. The van der Waals surface area contributed by atoms with Crippen LogP contribution in [-0.4, -0.2) is 66.0 Å². The summed E-state index contributed by atoms with van der Waals surface area (Å²) in [6.07, 6.45) is 2.55. The van der Waals surface area contributed by atoms with Crippen molar-refractivity contribution in [2.24, 2.45) is 5.73 Å². The van der Waals surface area contributed by atoms with Crippen LogP contribution in [0.4, 0.5) is 8.78 Å². The molecule has 0 unspecified atom stereocenters. The molecule has 46 heavy (non-hydrogen) atoms. The van der Waals surface area contributed by atoms with Crippen molar-refractivity contribution in [3.63, 3.8) is 0 Å². The highest BCUT2D eigenvalue weighted by atomic mass is 35.5. The molecule has 1 aliphatic heterocycles. The van der Waals surface area contributed by atoms with Gasteiger partial charge in [0.15, 0.2) is 11.5 Å². The Bertz CT molecular complexity index is 2060. The van der Waals surface area contributed by atoms with Gasteiger partial charge in [0.25, 0.3) is 5.91 Å². The van der Waals surface area contributed by atoms with E-state index in [1.165, 1.54) is 23.0 Å². The summed E-state index contributed by atoms with van der Waals surface area (Å²) in [5, 5.41) is 4.86. The van der Waals surface area contributed by atoms with Gasteiger partial charge >= 0.3 is 0 Å². The first kappa shape index (κ1) is 30.5. The van der Waals surface area contributed by atoms with Gasteiger partial charge in [-0.15, -0.1) is 0 Å². The third kappa shape index (κ3) is 6.18. The Kier molecular flexibility index (Phi) is 8.50. The third-order valence-electron chi connectivity index (χ3n) is 7.55. The molecule has 2 N–H and O–H groups in total. The molecule has 230 valence electrons. The van der Waals surface area contributed by atoms with E-state index in [1.54, 1.807) is 54.9 Å². The molecule has 0 spiro atoms. The van der Waals surface area contributed by atoms with Gasteiger partial charge in [-0.1, -0.05) is 29.7 Å². The number of aromatic nitrogens is 5. The summed E-state index contributed by atoms with van der Waals surface area (Å²) in [6.45, 7) is -0.713. The molecule has 5 aromatic rings. The first-order valence-electron chi connectivity index (χ1n) is 14.1. The lowest BCUT2D eigenvalue weighted by atomic mass is 9.98. The highest BCUT2D eigenvalue weighted by Gasteiger charge is 2.40. The number of rotatable bonds is 7. The number of carbonyl (C=O) groups excluding carboxylic acids is 3. The summed E-state index contributed by atoms with van der Waals surface area (Å²) in [5.41, 5.74) is 6.86. The Hall–Kier alpha value is -5.54. The Morgan fingerprint density at radius 3 is 2.54 bits per heavy atom. The molecule has 4 heterocycles. The fraction of sp³-hybridized carbons (Fsp3) is 0.182. The van der Waals surface area contributed by atoms with Crippen LogP contribution in [0.2, 0.25) is 5.02 Å². The Balaban J connectivity index is 1.23. The largest absolute Gasteiger partial charge is 0.364 e.